The molecule has 0 unspecified atom stereocenters. The molecular weight excluding hydrogens is 695 g/mol. The number of hydrogen-bond donors (Lipinski definition) is 0. The van der Waals surface area contributed by atoms with Gasteiger partial charge in [0.1, 0.15) is 0 Å². The van der Waals surface area contributed by atoms with Crippen LogP contribution in [-0.4, -0.2) is 23.7 Å². The van der Waals surface area contributed by atoms with Crippen LogP contribution in [0.25, 0.3) is 105 Å². The average molecular weight is 728 g/mol. The molecule has 0 N–H and O–H groups in total. The van der Waals surface area contributed by atoms with Gasteiger partial charge in [-0.3, -0.25) is 4.57 Å². The van der Waals surface area contributed by atoms with E-state index in [-0.39, 0.29) is 0 Å². The van der Waals surface area contributed by atoms with Crippen LogP contribution in [0.2, 0.25) is 0 Å². The number of aromatic nitrogens is 5. The fraction of sp³-hybridized carbons (Fsp3) is 0. The average Bonchev–Trinajstić information content (AvgIpc) is 3.96. The Balaban J connectivity index is 1.20. The molecule has 8 aromatic carbocycles. The maximum absolute atomic E-state index is 5.54. The first-order chi connectivity index (χ1) is 28.3. The van der Waals surface area contributed by atoms with Crippen LogP contribution >= 0.6 is 0 Å². The van der Waals surface area contributed by atoms with E-state index in [1.165, 1.54) is 21.9 Å². The summed E-state index contributed by atoms with van der Waals surface area (Å²) < 4.78 is 6.98. The molecule has 12 rings (SSSR count). The van der Waals surface area contributed by atoms with E-state index in [1.54, 1.807) is 0 Å². The second-order valence-electron chi connectivity index (χ2n) is 14.7. The van der Waals surface area contributed by atoms with Crippen molar-refractivity contribution in [2.24, 2.45) is 0 Å². The second-order valence-corrected chi connectivity index (χ2v) is 14.7. The Morgan fingerprint density at radius 2 is 1.02 bits per heavy atom. The number of nitrogens with zero attached hydrogens (tertiary/aromatic N) is 5. The van der Waals surface area contributed by atoms with Gasteiger partial charge in [-0.1, -0.05) is 133 Å². The van der Waals surface area contributed by atoms with Crippen molar-refractivity contribution in [2.45, 2.75) is 0 Å². The molecule has 0 saturated heterocycles. The van der Waals surface area contributed by atoms with Crippen LogP contribution < -0.4 is 0 Å². The van der Waals surface area contributed by atoms with E-state index in [0.29, 0.717) is 5.95 Å². The summed E-state index contributed by atoms with van der Waals surface area (Å²) in [5, 5.41) is 6.82. The lowest BCUT2D eigenvalue weighted by atomic mass is 10.0. The summed E-state index contributed by atoms with van der Waals surface area (Å²) in [4.78, 5) is 10.9. The van der Waals surface area contributed by atoms with Gasteiger partial charge in [0.15, 0.2) is 0 Å². The van der Waals surface area contributed by atoms with Gasteiger partial charge < -0.3 is 9.13 Å². The third-order valence-corrected chi connectivity index (χ3v) is 11.5. The maximum Gasteiger partial charge on any atom is 0.235 e. The van der Waals surface area contributed by atoms with Gasteiger partial charge in [-0.15, -0.1) is 0 Å². The first-order valence-corrected chi connectivity index (χ1v) is 19.3. The van der Waals surface area contributed by atoms with E-state index >= 15 is 0 Å². The van der Waals surface area contributed by atoms with Gasteiger partial charge >= 0.3 is 0 Å². The third-order valence-electron chi connectivity index (χ3n) is 11.5. The molecule has 12 aromatic rings. The van der Waals surface area contributed by atoms with Gasteiger partial charge in [-0.05, 0) is 71.8 Å². The van der Waals surface area contributed by atoms with E-state index in [2.05, 4.69) is 214 Å². The highest BCUT2D eigenvalue weighted by atomic mass is 15.2. The molecule has 5 nitrogen and oxygen atoms in total. The second kappa shape index (κ2) is 12.4. The lowest BCUT2D eigenvalue weighted by Gasteiger charge is -2.13. The lowest BCUT2D eigenvalue weighted by molar-refractivity contribution is 1.02. The zero-order valence-corrected chi connectivity index (χ0v) is 30.8. The van der Waals surface area contributed by atoms with E-state index in [1.807, 2.05) is 0 Å². The number of fused-ring (bicyclic) bond motifs is 9. The number of rotatable bonds is 5. The van der Waals surface area contributed by atoms with Crippen LogP contribution in [0.1, 0.15) is 0 Å². The van der Waals surface area contributed by atoms with E-state index in [9.17, 15) is 0 Å². The first-order valence-electron chi connectivity index (χ1n) is 19.3. The van der Waals surface area contributed by atoms with E-state index in [0.717, 1.165) is 77.3 Å². The van der Waals surface area contributed by atoms with Crippen molar-refractivity contribution >= 4 is 65.4 Å². The van der Waals surface area contributed by atoms with Crippen molar-refractivity contribution in [2.75, 3.05) is 0 Å². The normalized spacial score (nSPS) is 11.9. The fourth-order valence-corrected chi connectivity index (χ4v) is 8.90. The minimum atomic E-state index is 0.640. The van der Waals surface area contributed by atoms with Crippen molar-refractivity contribution in [1.82, 2.24) is 23.7 Å². The zero-order chi connectivity index (χ0) is 37.5. The van der Waals surface area contributed by atoms with Crippen LogP contribution in [0, 0.1) is 0 Å². The summed E-state index contributed by atoms with van der Waals surface area (Å²) in [6.45, 7) is 0. The minimum absolute atomic E-state index is 0.640. The molecule has 0 spiro atoms. The molecule has 0 aliphatic carbocycles. The Hall–Kier alpha value is -7.76. The van der Waals surface area contributed by atoms with Gasteiger partial charge in [0.25, 0.3) is 0 Å². The molecule has 0 bridgehead atoms. The molecule has 0 aliphatic heterocycles. The summed E-state index contributed by atoms with van der Waals surface area (Å²) in [6.07, 6.45) is 2.17. The monoisotopic (exact) mass is 727 g/mol. The molecule has 4 heterocycles. The molecule has 4 aromatic heterocycles. The molecule has 0 atom stereocenters. The highest BCUT2D eigenvalue weighted by Gasteiger charge is 2.24. The van der Waals surface area contributed by atoms with E-state index < -0.39 is 0 Å². The van der Waals surface area contributed by atoms with Crippen LogP contribution in [0.5, 0.6) is 0 Å². The van der Waals surface area contributed by atoms with Crippen LogP contribution in [0.3, 0.4) is 0 Å². The Bertz CT molecular complexity index is 3490. The van der Waals surface area contributed by atoms with Crippen molar-refractivity contribution in [3.05, 3.63) is 200 Å². The van der Waals surface area contributed by atoms with Crippen molar-refractivity contribution in [3.8, 4) is 39.7 Å². The summed E-state index contributed by atoms with van der Waals surface area (Å²) in [6, 6.07) is 69.1. The molecule has 0 amide bonds. The lowest BCUT2D eigenvalue weighted by Crippen LogP contribution is -2.04. The molecule has 5 heteroatoms. The summed E-state index contributed by atoms with van der Waals surface area (Å²) in [5.41, 5.74) is 13.0. The van der Waals surface area contributed by atoms with Crippen molar-refractivity contribution < 1.29 is 0 Å². The molecule has 0 fully saturated rings. The predicted octanol–water partition coefficient (Wildman–Crippen LogP) is 13.1. The van der Waals surface area contributed by atoms with Crippen molar-refractivity contribution in [1.29, 1.82) is 0 Å². The highest BCUT2D eigenvalue weighted by Crippen LogP contribution is 2.43. The zero-order valence-electron chi connectivity index (χ0n) is 30.8. The van der Waals surface area contributed by atoms with Crippen molar-refractivity contribution in [3.63, 3.8) is 0 Å². The molecular formula is C52H33N5. The Morgan fingerprint density at radius 3 is 1.81 bits per heavy atom. The van der Waals surface area contributed by atoms with Gasteiger partial charge in [-0.25, -0.2) is 9.97 Å². The number of benzene rings is 8. The fourth-order valence-electron chi connectivity index (χ4n) is 8.90. The largest absolute Gasteiger partial charge is 0.317 e. The SMILES string of the molecule is c1ccc(-c2ccc(-c3nc(-n4c5cc6ccn(-c7ccccc7)c6cc5c5ccc6c(c7ccccc7n6-c6ccccc6)c54)nc4ccccc34)cc2)cc1. The standard InChI is InChI=1S/C52H33N5/c1-4-14-34(15-5-1)35-24-26-36(27-25-35)50-41-20-10-12-22-44(41)53-52(54-50)57-48-32-37-30-31-55(38-16-6-2-7-17-38)47(37)33-43(48)40-28-29-46-49(51(40)57)42-21-11-13-23-45(42)56(46)39-18-8-3-9-19-39/h1-33H. The minimum Gasteiger partial charge on any atom is -0.317 e. The predicted molar refractivity (Wildman–Crippen MR) is 236 cm³/mol. The maximum atomic E-state index is 5.54. The third kappa shape index (κ3) is 4.82. The van der Waals surface area contributed by atoms with Gasteiger partial charge in [0.2, 0.25) is 5.95 Å². The molecule has 0 saturated carbocycles. The quantitative estimate of drug-likeness (QED) is 0.177. The first kappa shape index (κ1) is 31.6. The van der Waals surface area contributed by atoms with Gasteiger partial charge in [-0.2, -0.15) is 0 Å². The van der Waals surface area contributed by atoms with Gasteiger partial charge in [0, 0.05) is 55.5 Å². The smallest absolute Gasteiger partial charge is 0.235 e. The van der Waals surface area contributed by atoms with E-state index in [4.69, 9.17) is 9.97 Å². The Kier molecular flexibility index (Phi) is 6.86. The highest BCUT2D eigenvalue weighted by molar-refractivity contribution is 6.27. The van der Waals surface area contributed by atoms with Gasteiger partial charge in [0.05, 0.1) is 38.8 Å². The molecule has 0 aliphatic rings. The summed E-state index contributed by atoms with van der Waals surface area (Å²) in [7, 11) is 0. The summed E-state index contributed by atoms with van der Waals surface area (Å²) in [5.74, 6) is 0.640. The number of para-hydroxylation sites is 4. The molecule has 266 valence electrons. The van der Waals surface area contributed by atoms with Crippen LogP contribution in [0.15, 0.2) is 200 Å². The molecule has 0 radical (unpaired) electrons. The topological polar surface area (TPSA) is 40.6 Å². The summed E-state index contributed by atoms with van der Waals surface area (Å²) >= 11 is 0. The van der Waals surface area contributed by atoms with Crippen LogP contribution in [0.4, 0.5) is 0 Å². The van der Waals surface area contributed by atoms with Crippen LogP contribution in [-0.2, 0) is 0 Å². The number of hydrogen-bond acceptors (Lipinski definition) is 2. The Morgan fingerprint density at radius 1 is 0.368 bits per heavy atom. The molecule has 57 heavy (non-hydrogen) atoms. The Labute approximate surface area is 328 Å².